The molecule has 0 radical (unpaired) electrons. The van der Waals surface area contributed by atoms with Gasteiger partial charge in [-0.15, -0.1) is 0 Å². The Labute approximate surface area is 458 Å². The SMILES string of the molecule is CC1(C)c2ccccc2-c2ccc(N3c4cc5c(cc4B4c6c(cc7c(oc8ccccc87)c63)-c3cc(C67CC8CC(CC(C8)C6)C7)cc6c7cc(C89CC%10CC(CC(C%10)C8)C9)ccc7n4c36)C(C)(C)c3ccccc3-5)cc21. The van der Waals surface area contributed by atoms with Crippen LogP contribution in [0, 0.1) is 35.5 Å². The molecule has 380 valence electrons. The van der Waals surface area contributed by atoms with Crippen LogP contribution in [-0.4, -0.2) is 11.3 Å². The molecule has 0 N–H and O–H groups in total. The Morgan fingerprint density at radius 2 is 1.03 bits per heavy atom. The molecule has 10 aromatic rings. The number of fused-ring (bicyclic) bond motifs is 17. The second-order valence-corrected chi connectivity index (χ2v) is 28.8. The van der Waals surface area contributed by atoms with Gasteiger partial charge in [0.15, 0.2) is 5.58 Å². The Hall–Kier alpha value is -6.78. The van der Waals surface area contributed by atoms with E-state index in [-0.39, 0.29) is 23.1 Å². The molecule has 0 unspecified atom stereocenters. The van der Waals surface area contributed by atoms with Crippen molar-refractivity contribution in [1.29, 1.82) is 0 Å². The van der Waals surface area contributed by atoms with Gasteiger partial charge in [0.2, 0.25) is 0 Å². The summed E-state index contributed by atoms with van der Waals surface area (Å²) in [6.45, 7) is 9.73. The van der Waals surface area contributed by atoms with Crippen molar-refractivity contribution in [2.24, 2.45) is 35.5 Å². The van der Waals surface area contributed by atoms with Crippen molar-refractivity contribution < 1.29 is 4.42 Å². The molecule has 78 heavy (non-hydrogen) atoms. The maximum Gasteiger partial charge on any atom is 0.333 e. The number of nitrogens with zero attached hydrogens (tertiary/aromatic N) is 2. The molecule has 0 spiro atoms. The molecule has 2 aliphatic heterocycles. The molecular formula is C74H65BN2O. The van der Waals surface area contributed by atoms with Gasteiger partial charge in [-0.2, -0.15) is 0 Å². The van der Waals surface area contributed by atoms with Crippen LogP contribution in [0.3, 0.4) is 0 Å². The highest BCUT2D eigenvalue weighted by Crippen LogP contribution is 2.64. The van der Waals surface area contributed by atoms with E-state index in [1.807, 2.05) is 0 Å². The van der Waals surface area contributed by atoms with Crippen molar-refractivity contribution in [2.45, 2.75) is 126 Å². The molecule has 10 aliphatic carbocycles. The standard InChI is InChI=1S/C74H65BN2O/c1-71(2)59-14-8-5-11-49(59)51-19-18-48(30-61(51)71)76-65-32-53-50-12-6-9-15-60(50)72(3,4)62(53)33-63(65)75-67-55(31-58-52-13-7-10-16-66(52)78-70(58)69(67)76)57-29-47(74-37-43-24-44(38-74)26-45(25-43)39-74)28-56-54-27-46(17-20-64(54)77(75)68(56)57)73-34-40-21-41(35-73)23-42(22-40)36-73/h5-20,27-33,40-45H,21-26,34-39H2,1-4H3. The molecule has 0 atom stereocenters. The molecular weight excluding hydrogens is 944 g/mol. The van der Waals surface area contributed by atoms with Crippen molar-refractivity contribution in [3.8, 4) is 33.4 Å². The Bertz CT molecular complexity index is 4370. The van der Waals surface area contributed by atoms with Crippen LogP contribution in [-0.2, 0) is 21.7 Å². The summed E-state index contributed by atoms with van der Waals surface area (Å²) in [6, 6.07) is 56.4. The lowest BCUT2D eigenvalue weighted by molar-refractivity contribution is -0.00527. The first-order valence-corrected chi connectivity index (χ1v) is 30.4. The Balaban J connectivity index is 0.930. The van der Waals surface area contributed by atoms with Crippen LogP contribution in [0.2, 0.25) is 0 Å². The summed E-state index contributed by atoms with van der Waals surface area (Å²) in [5, 5.41) is 5.41. The van der Waals surface area contributed by atoms with Gasteiger partial charge in [0.1, 0.15) is 5.58 Å². The lowest BCUT2D eigenvalue weighted by Crippen LogP contribution is -2.57. The number of rotatable bonds is 3. The molecule has 22 rings (SSSR count). The van der Waals surface area contributed by atoms with Gasteiger partial charge < -0.3 is 13.8 Å². The first-order chi connectivity index (χ1) is 38.0. The topological polar surface area (TPSA) is 21.3 Å². The zero-order chi connectivity index (χ0) is 51.1. The van der Waals surface area contributed by atoms with E-state index in [1.54, 1.807) is 11.1 Å². The van der Waals surface area contributed by atoms with Gasteiger partial charge in [0.25, 0.3) is 0 Å². The zero-order valence-electron chi connectivity index (χ0n) is 45.6. The van der Waals surface area contributed by atoms with Gasteiger partial charge in [-0.05, 0) is 250 Å². The predicted molar refractivity (Wildman–Crippen MR) is 322 cm³/mol. The highest BCUT2D eigenvalue weighted by molar-refractivity contribution is 6.90. The largest absolute Gasteiger partial charge is 0.454 e. The highest BCUT2D eigenvalue weighted by atomic mass is 16.3. The second kappa shape index (κ2) is 14.0. The predicted octanol–water partition coefficient (Wildman–Crippen LogP) is 17.7. The summed E-state index contributed by atoms with van der Waals surface area (Å²) >= 11 is 0. The van der Waals surface area contributed by atoms with Crippen LogP contribution in [0.5, 0.6) is 0 Å². The molecule has 4 heteroatoms. The number of benzene rings is 8. The number of furan rings is 1. The fraction of sp³-hybridized carbons (Fsp3) is 0.351. The summed E-state index contributed by atoms with van der Waals surface area (Å²) in [5.41, 5.74) is 28.7. The molecule has 8 saturated carbocycles. The van der Waals surface area contributed by atoms with E-state index in [4.69, 9.17) is 4.42 Å². The van der Waals surface area contributed by atoms with Gasteiger partial charge in [0.05, 0.1) is 5.69 Å². The van der Waals surface area contributed by atoms with Crippen LogP contribution < -0.4 is 15.8 Å². The molecule has 2 aromatic heterocycles. The van der Waals surface area contributed by atoms with E-state index < -0.39 is 0 Å². The molecule has 0 amide bonds. The lowest BCUT2D eigenvalue weighted by Gasteiger charge is -2.57. The van der Waals surface area contributed by atoms with Crippen molar-refractivity contribution in [3.63, 3.8) is 0 Å². The normalized spacial score (nSPS) is 28.9. The van der Waals surface area contributed by atoms with Crippen LogP contribution in [0.15, 0.2) is 144 Å². The first kappa shape index (κ1) is 43.1. The van der Waals surface area contributed by atoms with Gasteiger partial charge in [0, 0.05) is 60.3 Å². The summed E-state index contributed by atoms with van der Waals surface area (Å²) in [7, 11) is 0. The fourth-order valence-corrected chi connectivity index (χ4v) is 21.6. The molecule has 12 aliphatic rings. The second-order valence-electron chi connectivity index (χ2n) is 28.8. The van der Waals surface area contributed by atoms with Gasteiger partial charge >= 0.3 is 6.85 Å². The summed E-state index contributed by atoms with van der Waals surface area (Å²) in [4.78, 5) is 2.70. The van der Waals surface area contributed by atoms with Crippen LogP contribution in [0.4, 0.5) is 17.1 Å². The third-order valence-electron chi connectivity index (χ3n) is 24.0. The summed E-state index contributed by atoms with van der Waals surface area (Å²) in [6.07, 6.45) is 17.0. The number of hydrogen-bond acceptors (Lipinski definition) is 2. The monoisotopic (exact) mass is 1010 g/mol. The molecule has 8 fully saturated rings. The number of anilines is 3. The quantitative estimate of drug-likeness (QED) is 0.165. The Morgan fingerprint density at radius 3 is 1.71 bits per heavy atom. The number of hydrogen-bond donors (Lipinski definition) is 0. The zero-order valence-corrected chi connectivity index (χ0v) is 45.6. The lowest BCUT2D eigenvalue weighted by atomic mass is 9.44. The fourth-order valence-electron chi connectivity index (χ4n) is 21.6. The Morgan fingerprint density at radius 1 is 0.449 bits per heavy atom. The van der Waals surface area contributed by atoms with Gasteiger partial charge in [-0.1, -0.05) is 113 Å². The molecule has 4 heterocycles. The van der Waals surface area contributed by atoms with Crippen molar-refractivity contribution >= 4 is 78.6 Å². The maximum atomic E-state index is 7.46. The molecule has 8 aromatic carbocycles. The molecule has 0 saturated heterocycles. The van der Waals surface area contributed by atoms with Crippen LogP contribution >= 0.6 is 0 Å². The minimum absolute atomic E-state index is 0.0814. The number of para-hydroxylation sites is 1. The van der Waals surface area contributed by atoms with Crippen molar-refractivity contribution in [2.75, 3.05) is 4.90 Å². The minimum atomic E-state index is -0.166. The van der Waals surface area contributed by atoms with E-state index in [1.165, 1.54) is 193 Å². The average Bonchev–Trinajstić information content (AvgIpc) is 4.29. The summed E-state index contributed by atoms with van der Waals surface area (Å²) in [5.74, 6) is 5.30. The molecule has 8 bridgehead atoms. The van der Waals surface area contributed by atoms with Crippen LogP contribution in [0.25, 0.3) is 77.1 Å². The number of aromatic nitrogens is 1. The Kier molecular flexibility index (Phi) is 7.73. The van der Waals surface area contributed by atoms with E-state index in [9.17, 15) is 0 Å². The highest BCUT2D eigenvalue weighted by Gasteiger charge is 2.55. The third kappa shape index (κ3) is 5.15. The van der Waals surface area contributed by atoms with Crippen molar-refractivity contribution in [1.82, 2.24) is 4.48 Å². The van der Waals surface area contributed by atoms with E-state index in [0.717, 1.165) is 46.7 Å². The van der Waals surface area contributed by atoms with Gasteiger partial charge in [-0.25, -0.2) is 0 Å². The third-order valence-corrected chi connectivity index (χ3v) is 24.0. The van der Waals surface area contributed by atoms with Crippen LogP contribution in [0.1, 0.15) is 138 Å². The minimum Gasteiger partial charge on any atom is -0.454 e. The van der Waals surface area contributed by atoms with Crippen molar-refractivity contribution in [3.05, 3.63) is 173 Å². The van der Waals surface area contributed by atoms with Gasteiger partial charge in [-0.3, -0.25) is 0 Å². The summed E-state index contributed by atoms with van der Waals surface area (Å²) < 4.78 is 10.4. The van der Waals surface area contributed by atoms with E-state index in [2.05, 4.69) is 177 Å². The van der Waals surface area contributed by atoms with E-state index in [0.29, 0.717) is 5.41 Å². The smallest absolute Gasteiger partial charge is 0.333 e. The maximum absolute atomic E-state index is 7.46. The molecule has 3 nitrogen and oxygen atoms in total. The first-order valence-electron chi connectivity index (χ1n) is 30.4. The average molecular weight is 1010 g/mol. The van der Waals surface area contributed by atoms with E-state index >= 15 is 0 Å².